The van der Waals surface area contributed by atoms with E-state index in [0.717, 1.165) is 5.56 Å². The van der Waals surface area contributed by atoms with Gasteiger partial charge >= 0.3 is 0 Å². The fourth-order valence-corrected chi connectivity index (χ4v) is 1.69. The van der Waals surface area contributed by atoms with Gasteiger partial charge in [0.2, 0.25) is 5.91 Å². The van der Waals surface area contributed by atoms with Gasteiger partial charge in [-0.3, -0.25) is 4.79 Å². The largest absolute Gasteiger partial charge is 0.493 e. The molecule has 0 aliphatic heterocycles. The fraction of sp³-hybridized carbons (Fsp3) is 0.429. The van der Waals surface area contributed by atoms with Crippen LogP contribution in [0.4, 0.5) is 0 Å². The number of carbonyl (C=O) groups excluding carboxylic acids is 1. The van der Waals surface area contributed by atoms with E-state index in [1.165, 1.54) is 0 Å². The number of amides is 1. The SMILES string of the molecule is COc1ccc(CC(=O)NCC(C)C(N)=S)cc1OC. The van der Waals surface area contributed by atoms with Gasteiger partial charge in [0.15, 0.2) is 11.5 Å². The number of nitrogens with two attached hydrogens (primary N) is 1. The molecule has 6 heteroatoms. The van der Waals surface area contributed by atoms with Gasteiger partial charge in [0, 0.05) is 12.5 Å². The molecular weight excluding hydrogens is 276 g/mol. The molecule has 1 amide bonds. The smallest absolute Gasteiger partial charge is 0.224 e. The van der Waals surface area contributed by atoms with Crippen molar-refractivity contribution in [2.24, 2.45) is 11.7 Å². The first-order valence-electron chi connectivity index (χ1n) is 6.24. The Morgan fingerprint density at radius 2 is 2.00 bits per heavy atom. The highest BCUT2D eigenvalue weighted by Crippen LogP contribution is 2.27. The van der Waals surface area contributed by atoms with Crippen LogP contribution in [0.2, 0.25) is 0 Å². The minimum atomic E-state index is -0.0830. The molecule has 0 aliphatic carbocycles. The molecule has 1 unspecified atom stereocenters. The highest BCUT2D eigenvalue weighted by atomic mass is 32.1. The van der Waals surface area contributed by atoms with Crippen molar-refractivity contribution < 1.29 is 14.3 Å². The normalized spacial score (nSPS) is 11.6. The highest BCUT2D eigenvalue weighted by Gasteiger charge is 2.10. The van der Waals surface area contributed by atoms with Gasteiger partial charge in [-0.25, -0.2) is 0 Å². The average Bonchev–Trinajstić information content (AvgIpc) is 2.44. The van der Waals surface area contributed by atoms with Crippen LogP contribution >= 0.6 is 12.2 Å². The number of hydrogen-bond acceptors (Lipinski definition) is 4. The lowest BCUT2D eigenvalue weighted by Gasteiger charge is -2.12. The second-order valence-corrected chi connectivity index (χ2v) is 4.95. The molecule has 20 heavy (non-hydrogen) atoms. The molecule has 0 radical (unpaired) electrons. The summed E-state index contributed by atoms with van der Waals surface area (Å²) in [6.45, 7) is 2.32. The Labute approximate surface area is 124 Å². The number of carbonyl (C=O) groups is 1. The van der Waals surface area contributed by atoms with E-state index in [1.807, 2.05) is 13.0 Å². The first kappa shape index (κ1) is 16.2. The molecule has 1 rings (SSSR count). The zero-order valence-electron chi connectivity index (χ0n) is 11.9. The molecule has 0 bridgehead atoms. The third kappa shape index (κ3) is 4.70. The summed E-state index contributed by atoms with van der Waals surface area (Å²) in [4.78, 5) is 12.2. The monoisotopic (exact) mass is 296 g/mol. The van der Waals surface area contributed by atoms with E-state index >= 15 is 0 Å². The van der Waals surface area contributed by atoms with E-state index in [0.29, 0.717) is 23.0 Å². The summed E-state index contributed by atoms with van der Waals surface area (Å²) in [6.07, 6.45) is 0.268. The standard InChI is InChI=1S/C14H20N2O3S/c1-9(14(15)20)8-16-13(17)7-10-4-5-11(18-2)12(6-10)19-3/h4-6,9H,7-8H2,1-3H3,(H2,15,20)(H,16,17). The first-order valence-corrected chi connectivity index (χ1v) is 6.65. The van der Waals surface area contributed by atoms with Gasteiger partial charge in [-0.15, -0.1) is 0 Å². The topological polar surface area (TPSA) is 73.6 Å². The van der Waals surface area contributed by atoms with Crippen LogP contribution in [0.1, 0.15) is 12.5 Å². The predicted octanol–water partition coefficient (Wildman–Crippen LogP) is 1.28. The summed E-state index contributed by atoms with van der Waals surface area (Å²) in [7, 11) is 3.13. The minimum Gasteiger partial charge on any atom is -0.493 e. The number of hydrogen-bond donors (Lipinski definition) is 2. The van der Waals surface area contributed by atoms with Gasteiger partial charge in [0.25, 0.3) is 0 Å². The molecular formula is C14H20N2O3S. The van der Waals surface area contributed by atoms with Crippen LogP contribution in [0.15, 0.2) is 18.2 Å². The van der Waals surface area contributed by atoms with Crippen LogP contribution < -0.4 is 20.5 Å². The summed E-state index contributed by atoms with van der Waals surface area (Å²) in [5.41, 5.74) is 6.34. The zero-order chi connectivity index (χ0) is 15.1. The van der Waals surface area contributed by atoms with Crippen LogP contribution in [0.5, 0.6) is 11.5 Å². The molecule has 0 aromatic heterocycles. The van der Waals surface area contributed by atoms with Crippen molar-refractivity contribution in [1.82, 2.24) is 5.32 Å². The van der Waals surface area contributed by atoms with Crippen LogP contribution in [0, 0.1) is 5.92 Å². The van der Waals surface area contributed by atoms with Gasteiger partial charge in [-0.1, -0.05) is 25.2 Å². The number of methoxy groups -OCH3 is 2. The number of rotatable bonds is 7. The molecule has 1 aromatic rings. The van der Waals surface area contributed by atoms with Crippen molar-refractivity contribution in [3.63, 3.8) is 0 Å². The Bertz CT molecular complexity index is 491. The van der Waals surface area contributed by atoms with Gasteiger partial charge < -0.3 is 20.5 Å². The first-order chi connectivity index (χ1) is 9.47. The molecule has 0 saturated heterocycles. The van der Waals surface area contributed by atoms with Crippen LogP contribution in [0.3, 0.4) is 0 Å². The summed E-state index contributed by atoms with van der Waals surface area (Å²) >= 11 is 4.86. The predicted molar refractivity (Wildman–Crippen MR) is 82.2 cm³/mol. The second kappa shape index (κ2) is 7.69. The molecule has 0 spiro atoms. The molecule has 1 atom stereocenters. The Morgan fingerprint density at radius 3 is 2.55 bits per heavy atom. The van der Waals surface area contributed by atoms with Crippen molar-refractivity contribution in [3.05, 3.63) is 23.8 Å². The molecule has 0 saturated carbocycles. The van der Waals surface area contributed by atoms with E-state index in [2.05, 4.69) is 5.32 Å². The van der Waals surface area contributed by atoms with E-state index in [-0.39, 0.29) is 18.2 Å². The molecule has 0 aliphatic rings. The van der Waals surface area contributed by atoms with Crippen LogP contribution in [0.25, 0.3) is 0 Å². The Balaban J connectivity index is 2.60. The van der Waals surface area contributed by atoms with E-state index in [9.17, 15) is 4.79 Å². The maximum Gasteiger partial charge on any atom is 0.224 e. The molecule has 5 nitrogen and oxygen atoms in total. The number of benzene rings is 1. The molecule has 3 N–H and O–H groups in total. The summed E-state index contributed by atoms with van der Waals surface area (Å²) in [5, 5.41) is 2.80. The second-order valence-electron chi connectivity index (χ2n) is 4.47. The van der Waals surface area contributed by atoms with E-state index in [1.54, 1.807) is 26.4 Å². The summed E-state index contributed by atoms with van der Waals surface area (Å²) < 4.78 is 10.3. The minimum absolute atomic E-state index is 0.0145. The lowest BCUT2D eigenvalue weighted by molar-refractivity contribution is -0.120. The van der Waals surface area contributed by atoms with Gasteiger partial charge in [-0.05, 0) is 17.7 Å². The number of ether oxygens (including phenoxy) is 2. The van der Waals surface area contributed by atoms with Gasteiger partial charge in [-0.2, -0.15) is 0 Å². The van der Waals surface area contributed by atoms with Crippen molar-refractivity contribution in [2.45, 2.75) is 13.3 Å². The third-order valence-electron chi connectivity index (χ3n) is 2.90. The van der Waals surface area contributed by atoms with Gasteiger partial charge in [0.05, 0.1) is 25.6 Å². The summed E-state index contributed by atoms with van der Waals surface area (Å²) in [6, 6.07) is 5.40. The van der Waals surface area contributed by atoms with E-state index < -0.39 is 0 Å². The van der Waals surface area contributed by atoms with Crippen LogP contribution in [-0.2, 0) is 11.2 Å². The van der Waals surface area contributed by atoms with Gasteiger partial charge in [0.1, 0.15) is 0 Å². The average molecular weight is 296 g/mol. The maximum atomic E-state index is 11.8. The quantitative estimate of drug-likeness (QED) is 0.742. The van der Waals surface area contributed by atoms with Crippen molar-refractivity contribution in [2.75, 3.05) is 20.8 Å². The van der Waals surface area contributed by atoms with Crippen molar-refractivity contribution in [1.29, 1.82) is 0 Å². The van der Waals surface area contributed by atoms with Crippen molar-refractivity contribution >= 4 is 23.1 Å². The van der Waals surface area contributed by atoms with Crippen molar-refractivity contribution in [3.8, 4) is 11.5 Å². The van der Waals surface area contributed by atoms with E-state index in [4.69, 9.17) is 27.4 Å². The maximum absolute atomic E-state index is 11.8. The molecule has 1 aromatic carbocycles. The highest BCUT2D eigenvalue weighted by molar-refractivity contribution is 7.80. The third-order valence-corrected chi connectivity index (χ3v) is 3.31. The molecule has 0 fully saturated rings. The summed E-state index contributed by atoms with van der Waals surface area (Å²) in [5.74, 6) is 1.15. The zero-order valence-corrected chi connectivity index (χ0v) is 12.8. The number of thiocarbonyl (C=S) groups is 1. The Morgan fingerprint density at radius 1 is 1.35 bits per heavy atom. The lowest BCUT2D eigenvalue weighted by Crippen LogP contribution is -2.34. The molecule has 0 heterocycles. The molecule has 110 valence electrons. The number of nitrogens with one attached hydrogen (secondary N) is 1. The Hall–Kier alpha value is -1.82. The fourth-order valence-electron chi connectivity index (χ4n) is 1.61. The van der Waals surface area contributed by atoms with Crippen LogP contribution in [-0.4, -0.2) is 31.7 Å². The Kier molecular flexibility index (Phi) is 6.24. The lowest BCUT2D eigenvalue weighted by atomic mass is 10.1.